The Morgan fingerprint density at radius 3 is 2.50 bits per heavy atom. The molecule has 0 spiro atoms. The Bertz CT molecular complexity index is 687. The van der Waals surface area contributed by atoms with Crippen molar-refractivity contribution >= 4 is 39.2 Å². The molecule has 0 aromatic heterocycles. The molecule has 0 amide bonds. The van der Waals surface area contributed by atoms with Gasteiger partial charge >= 0.3 is 0 Å². The minimum atomic E-state index is 0.523. The molecule has 4 heteroatoms. The van der Waals surface area contributed by atoms with Crippen LogP contribution in [0.15, 0.2) is 46.9 Å². The van der Waals surface area contributed by atoms with E-state index in [4.69, 9.17) is 16.3 Å². The van der Waals surface area contributed by atoms with E-state index >= 15 is 0 Å². The Morgan fingerprint density at radius 2 is 1.95 bits per heavy atom. The first kappa shape index (κ1) is 14.6. The molecule has 0 aliphatic heterocycles. The molecule has 0 heterocycles. The maximum atomic E-state index is 9.29. The monoisotopic (exact) mass is 347 g/mol. The van der Waals surface area contributed by atoms with Crippen molar-refractivity contribution in [2.75, 3.05) is 7.11 Å². The van der Waals surface area contributed by atoms with Crippen LogP contribution in [0.3, 0.4) is 0 Å². The molecule has 0 aliphatic carbocycles. The molecule has 0 N–H and O–H groups in total. The summed E-state index contributed by atoms with van der Waals surface area (Å²) in [6.45, 7) is 0. The zero-order chi connectivity index (χ0) is 14.5. The van der Waals surface area contributed by atoms with E-state index in [0.29, 0.717) is 16.3 Å². The van der Waals surface area contributed by atoms with Crippen LogP contribution >= 0.6 is 27.5 Å². The van der Waals surface area contributed by atoms with Gasteiger partial charge in [-0.2, -0.15) is 5.26 Å². The van der Waals surface area contributed by atoms with Gasteiger partial charge in [0, 0.05) is 4.47 Å². The number of benzene rings is 2. The van der Waals surface area contributed by atoms with Gasteiger partial charge in [-0.05, 0) is 41.5 Å². The van der Waals surface area contributed by atoms with E-state index < -0.39 is 0 Å². The van der Waals surface area contributed by atoms with E-state index in [-0.39, 0.29) is 0 Å². The molecule has 2 aromatic rings. The lowest BCUT2D eigenvalue weighted by Gasteiger charge is -2.04. The standard InChI is InChI=1S/C16H11BrClNO/c1-20-16-7-2-11(9-15(16)18)8-13(10-19)12-3-5-14(17)6-4-12/h2-9H,1H3. The maximum absolute atomic E-state index is 9.29. The first-order chi connectivity index (χ1) is 9.63. The van der Waals surface area contributed by atoms with E-state index in [1.165, 1.54) is 0 Å². The molecule has 0 atom stereocenters. The Kier molecular flexibility index (Phi) is 4.84. The molecule has 0 aliphatic rings. The lowest BCUT2D eigenvalue weighted by atomic mass is 10.0. The van der Waals surface area contributed by atoms with Crippen molar-refractivity contribution in [3.8, 4) is 11.8 Å². The fraction of sp³-hybridized carbons (Fsp3) is 0.0625. The zero-order valence-corrected chi connectivity index (χ0v) is 13.1. The summed E-state index contributed by atoms with van der Waals surface area (Å²) in [5, 5.41) is 9.82. The molecule has 0 bridgehead atoms. The van der Waals surface area contributed by atoms with Gasteiger partial charge in [-0.1, -0.05) is 45.7 Å². The van der Waals surface area contributed by atoms with Crippen LogP contribution in [0.2, 0.25) is 5.02 Å². The summed E-state index contributed by atoms with van der Waals surface area (Å²) in [5.74, 6) is 0.617. The Morgan fingerprint density at radius 1 is 1.25 bits per heavy atom. The Hall–Kier alpha value is -1.76. The SMILES string of the molecule is COc1ccc(C=C(C#N)c2ccc(Br)cc2)cc1Cl. The Balaban J connectivity index is 2.39. The summed E-state index contributed by atoms with van der Waals surface area (Å²) in [5.41, 5.74) is 2.30. The summed E-state index contributed by atoms with van der Waals surface area (Å²) in [6, 6.07) is 15.2. The van der Waals surface area contributed by atoms with Crippen molar-refractivity contribution in [3.05, 3.63) is 63.1 Å². The minimum absolute atomic E-state index is 0.523. The van der Waals surface area contributed by atoms with Crippen molar-refractivity contribution in [1.29, 1.82) is 5.26 Å². The molecule has 0 fully saturated rings. The number of halogens is 2. The number of hydrogen-bond acceptors (Lipinski definition) is 2. The molecule has 2 rings (SSSR count). The highest BCUT2D eigenvalue weighted by atomic mass is 79.9. The lowest BCUT2D eigenvalue weighted by molar-refractivity contribution is 0.415. The predicted octanol–water partition coefficient (Wildman–Crippen LogP) is 5.18. The molecular weight excluding hydrogens is 338 g/mol. The quantitative estimate of drug-likeness (QED) is 0.566. The van der Waals surface area contributed by atoms with Gasteiger partial charge in [-0.3, -0.25) is 0 Å². The summed E-state index contributed by atoms with van der Waals surface area (Å²) in [4.78, 5) is 0. The number of rotatable bonds is 3. The summed E-state index contributed by atoms with van der Waals surface area (Å²) >= 11 is 9.45. The summed E-state index contributed by atoms with van der Waals surface area (Å²) < 4.78 is 6.08. The average Bonchev–Trinajstić information content (AvgIpc) is 2.46. The van der Waals surface area contributed by atoms with Gasteiger partial charge in [0.25, 0.3) is 0 Å². The predicted molar refractivity (Wildman–Crippen MR) is 85.6 cm³/mol. The van der Waals surface area contributed by atoms with Crippen LogP contribution in [0, 0.1) is 11.3 Å². The van der Waals surface area contributed by atoms with Gasteiger partial charge in [0.2, 0.25) is 0 Å². The third-order valence-electron chi connectivity index (χ3n) is 2.76. The normalized spacial score (nSPS) is 11.0. The van der Waals surface area contributed by atoms with E-state index in [1.807, 2.05) is 30.3 Å². The summed E-state index contributed by atoms with van der Waals surface area (Å²) in [6.07, 6.45) is 1.80. The highest BCUT2D eigenvalue weighted by molar-refractivity contribution is 9.10. The third-order valence-corrected chi connectivity index (χ3v) is 3.59. The highest BCUT2D eigenvalue weighted by Crippen LogP contribution is 2.27. The van der Waals surface area contributed by atoms with Crippen LogP contribution in [0.25, 0.3) is 11.6 Å². The number of nitriles is 1. The second-order valence-corrected chi connectivity index (χ2v) is 5.39. The van der Waals surface area contributed by atoms with Crippen LogP contribution < -0.4 is 4.74 Å². The molecule has 2 nitrogen and oxygen atoms in total. The molecule has 0 unspecified atom stereocenters. The Labute approximate surface area is 131 Å². The van der Waals surface area contributed by atoms with E-state index in [2.05, 4.69) is 22.0 Å². The van der Waals surface area contributed by atoms with Crippen LogP contribution in [0.4, 0.5) is 0 Å². The van der Waals surface area contributed by atoms with Gasteiger partial charge < -0.3 is 4.74 Å². The van der Waals surface area contributed by atoms with E-state index in [9.17, 15) is 5.26 Å². The van der Waals surface area contributed by atoms with Gasteiger partial charge in [0.05, 0.1) is 23.8 Å². The van der Waals surface area contributed by atoms with E-state index in [1.54, 1.807) is 25.3 Å². The van der Waals surface area contributed by atoms with Crippen molar-refractivity contribution in [2.24, 2.45) is 0 Å². The van der Waals surface area contributed by atoms with Gasteiger partial charge in [-0.15, -0.1) is 0 Å². The fourth-order valence-corrected chi connectivity index (χ4v) is 2.28. The van der Waals surface area contributed by atoms with Crippen LogP contribution in [-0.2, 0) is 0 Å². The van der Waals surface area contributed by atoms with Gasteiger partial charge in [0.1, 0.15) is 5.75 Å². The molecule has 2 aromatic carbocycles. The first-order valence-corrected chi connectivity index (χ1v) is 7.02. The molecule has 100 valence electrons. The number of ether oxygens (including phenoxy) is 1. The molecule has 0 saturated carbocycles. The number of methoxy groups -OCH3 is 1. The first-order valence-electron chi connectivity index (χ1n) is 5.85. The zero-order valence-electron chi connectivity index (χ0n) is 10.7. The van der Waals surface area contributed by atoms with Crippen molar-refractivity contribution in [2.45, 2.75) is 0 Å². The number of hydrogen-bond donors (Lipinski definition) is 0. The molecule has 0 radical (unpaired) electrons. The average molecular weight is 349 g/mol. The van der Waals surface area contributed by atoms with Crippen LogP contribution in [0.5, 0.6) is 5.75 Å². The smallest absolute Gasteiger partial charge is 0.137 e. The second-order valence-electron chi connectivity index (χ2n) is 4.07. The summed E-state index contributed by atoms with van der Waals surface area (Å²) in [7, 11) is 1.57. The fourth-order valence-electron chi connectivity index (χ4n) is 1.75. The minimum Gasteiger partial charge on any atom is -0.495 e. The largest absolute Gasteiger partial charge is 0.495 e. The highest BCUT2D eigenvalue weighted by Gasteiger charge is 2.04. The van der Waals surface area contributed by atoms with Crippen LogP contribution in [-0.4, -0.2) is 7.11 Å². The van der Waals surface area contributed by atoms with Crippen molar-refractivity contribution in [3.63, 3.8) is 0 Å². The van der Waals surface area contributed by atoms with Crippen LogP contribution in [0.1, 0.15) is 11.1 Å². The topological polar surface area (TPSA) is 33.0 Å². The maximum Gasteiger partial charge on any atom is 0.137 e. The van der Waals surface area contributed by atoms with Gasteiger partial charge in [0.15, 0.2) is 0 Å². The van der Waals surface area contributed by atoms with Crippen molar-refractivity contribution < 1.29 is 4.74 Å². The lowest BCUT2D eigenvalue weighted by Crippen LogP contribution is -1.85. The third kappa shape index (κ3) is 3.41. The molecular formula is C16H11BrClNO. The van der Waals surface area contributed by atoms with Gasteiger partial charge in [-0.25, -0.2) is 0 Å². The molecule has 20 heavy (non-hydrogen) atoms. The number of allylic oxidation sites excluding steroid dienone is 1. The van der Waals surface area contributed by atoms with Crippen molar-refractivity contribution in [1.82, 2.24) is 0 Å². The number of nitrogens with zero attached hydrogens (tertiary/aromatic N) is 1. The van der Waals surface area contributed by atoms with E-state index in [0.717, 1.165) is 15.6 Å². The second kappa shape index (κ2) is 6.60. The molecule has 0 saturated heterocycles.